The molecule has 3 nitrogen and oxygen atoms in total. The molecule has 1 saturated carbocycles. The molecule has 0 spiro atoms. The highest BCUT2D eigenvalue weighted by Crippen LogP contribution is 2.45. The van der Waals surface area contributed by atoms with Gasteiger partial charge in [0.25, 0.3) is 0 Å². The Morgan fingerprint density at radius 2 is 1.69 bits per heavy atom. The van der Waals surface area contributed by atoms with Gasteiger partial charge in [-0.1, -0.05) is 19.8 Å². The Hall–Kier alpha value is -0.730. The van der Waals surface area contributed by atoms with Crippen LogP contribution in [0, 0.1) is 5.41 Å². The van der Waals surface area contributed by atoms with E-state index in [0.29, 0.717) is 5.41 Å². The summed E-state index contributed by atoms with van der Waals surface area (Å²) in [5, 5.41) is 0. The third kappa shape index (κ3) is 3.13. The summed E-state index contributed by atoms with van der Waals surface area (Å²) in [6, 6.07) is 0. The molecule has 1 aliphatic rings. The Labute approximate surface area is 101 Å². The Balaban J connectivity index is 2.61. The van der Waals surface area contributed by atoms with Crippen molar-refractivity contribution in [1.82, 2.24) is 9.80 Å². The second-order valence-electron chi connectivity index (χ2n) is 5.51. The van der Waals surface area contributed by atoms with Gasteiger partial charge in [0.15, 0.2) is 5.96 Å². The minimum atomic E-state index is 0.534. The minimum Gasteiger partial charge on any atom is -0.349 e. The second-order valence-corrected chi connectivity index (χ2v) is 5.51. The van der Waals surface area contributed by atoms with Crippen LogP contribution < -0.4 is 0 Å². The molecule has 0 amide bonds. The highest BCUT2D eigenvalue weighted by molar-refractivity contribution is 5.79. The van der Waals surface area contributed by atoms with Crippen molar-refractivity contribution in [3.8, 4) is 0 Å². The lowest BCUT2D eigenvalue weighted by Gasteiger charge is -2.41. The number of hydrogen-bond donors (Lipinski definition) is 0. The van der Waals surface area contributed by atoms with Gasteiger partial charge in [0.2, 0.25) is 0 Å². The van der Waals surface area contributed by atoms with E-state index < -0.39 is 0 Å². The molecule has 0 unspecified atom stereocenters. The first-order chi connectivity index (χ1) is 7.51. The standard InChI is InChI=1S/C13H27N3/c1-6-8-13(9-7-10-13)11-14-12(15(2)3)16(4)5/h6-11H2,1-5H3. The van der Waals surface area contributed by atoms with Crippen LogP contribution in [0.5, 0.6) is 0 Å². The Morgan fingerprint density at radius 3 is 2.00 bits per heavy atom. The molecule has 3 heteroatoms. The summed E-state index contributed by atoms with van der Waals surface area (Å²) in [6.45, 7) is 3.29. The number of hydrogen-bond acceptors (Lipinski definition) is 1. The number of nitrogens with zero attached hydrogens (tertiary/aromatic N) is 3. The van der Waals surface area contributed by atoms with E-state index in [-0.39, 0.29) is 0 Å². The topological polar surface area (TPSA) is 18.8 Å². The largest absolute Gasteiger partial charge is 0.349 e. The zero-order valence-corrected chi connectivity index (χ0v) is 11.6. The highest BCUT2D eigenvalue weighted by Gasteiger charge is 2.35. The third-order valence-electron chi connectivity index (χ3n) is 3.55. The fourth-order valence-electron chi connectivity index (χ4n) is 2.62. The predicted molar refractivity (Wildman–Crippen MR) is 70.9 cm³/mol. The molecular weight excluding hydrogens is 198 g/mol. The van der Waals surface area contributed by atoms with Crippen LogP contribution >= 0.6 is 0 Å². The lowest BCUT2D eigenvalue weighted by Crippen LogP contribution is -2.38. The number of guanidine groups is 1. The molecule has 0 radical (unpaired) electrons. The van der Waals surface area contributed by atoms with Crippen LogP contribution in [-0.2, 0) is 0 Å². The number of rotatable bonds is 4. The smallest absolute Gasteiger partial charge is 0.195 e. The van der Waals surface area contributed by atoms with Gasteiger partial charge in [-0.15, -0.1) is 0 Å². The molecule has 1 rings (SSSR count). The summed E-state index contributed by atoms with van der Waals surface area (Å²) in [5.74, 6) is 1.09. The van der Waals surface area contributed by atoms with E-state index in [1.54, 1.807) is 0 Å². The van der Waals surface area contributed by atoms with Crippen LogP contribution in [0.15, 0.2) is 4.99 Å². The van der Waals surface area contributed by atoms with Gasteiger partial charge < -0.3 is 9.80 Å². The molecule has 1 fully saturated rings. The predicted octanol–water partition coefficient (Wildman–Crippen LogP) is 2.44. The maximum absolute atomic E-state index is 4.80. The van der Waals surface area contributed by atoms with E-state index in [4.69, 9.17) is 4.99 Å². The highest BCUT2D eigenvalue weighted by atomic mass is 15.3. The SMILES string of the molecule is CCCC1(CN=C(N(C)C)N(C)C)CCC1. The third-order valence-corrected chi connectivity index (χ3v) is 3.55. The summed E-state index contributed by atoms with van der Waals surface area (Å²) in [5.41, 5.74) is 0.534. The Bertz CT molecular complexity index is 230. The minimum absolute atomic E-state index is 0.534. The zero-order chi connectivity index (χ0) is 12.2. The van der Waals surface area contributed by atoms with Gasteiger partial charge in [-0.2, -0.15) is 0 Å². The van der Waals surface area contributed by atoms with Crippen molar-refractivity contribution in [3.63, 3.8) is 0 Å². The van der Waals surface area contributed by atoms with Gasteiger partial charge in [-0.3, -0.25) is 4.99 Å². The van der Waals surface area contributed by atoms with Crippen molar-refractivity contribution < 1.29 is 0 Å². The van der Waals surface area contributed by atoms with Crippen molar-refractivity contribution >= 4 is 5.96 Å². The lowest BCUT2D eigenvalue weighted by atomic mass is 9.66. The van der Waals surface area contributed by atoms with Crippen molar-refractivity contribution in [2.45, 2.75) is 39.0 Å². The lowest BCUT2D eigenvalue weighted by molar-refractivity contribution is 0.129. The van der Waals surface area contributed by atoms with Crippen LogP contribution in [0.2, 0.25) is 0 Å². The molecular formula is C13H27N3. The molecule has 0 N–H and O–H groups in total. The summed E-state index contributed by atoms with van der Waals surface area (Å²) >= 11 is 0. The van der Waals surface area contributed by atoms with Gasteiger partial charge in [-0.05, 0) is 24.7 Å². The van der Waals surface area contributed by atoms with E-state index in [9.17, 15) is 0 Å². The maximum Gasteiger partial charge on any atom is 0.195 e. The van der Waals surface area contributed by atoms with Gasteiger partial charge >= 0.3 is 0 Å². The van der Waals surface area contributed by atoms with E-state index in [0.717, 1.165) is 12.5 Å². The molecule has 0 aromatic rings. The number of aliphatic imine (C=N–C) groups is 1. The fourth-order valence-corrected chi connectivity index (χ4v) is 2.62. The first-order valence-electron chi connectivity index (χ1n) is 6.40. The summed E-state index contributed by atoms with van der Waals surface area (Å²) in [6.07, 6.45) is 6.77. The van der Waals surface area contributed by atoms with E-state index in [1.165, 1.54) is 32.1 Å². The first-order valence-corrected chi connectivity index (χ1v) is 6.40. The maximum atomic E-state index is 4.80. The second kappa shape index (κ2) is 5.55. The van der Waals surface area contributed by atoms with Crippen LogP contribution in [0.4, 0.5) is 0 Å². The summed E-state index contributed by atoms with van der Waals surface area (Å²) in [4.78, 5) is 9.00. The molecule has 0 aromatic carbocycles. The Morgan fingerprint density at radius 1 is 1.12 bits per heavy atom. The van der Waals surface area contributed by atoms with E-state index in [2.05, 4.69) is 44.9 Å². The molecule has 94 valence electrons. The average Bonchev–Trinajstić information content (AvgIpc) is 2.12. The Kier molecular flexibility index (Phi) is 4.63. The average molecular weight is 225 g/mol. The summed E-state index contributed by atoms with van der Waals surface area (Å²) < 4.78 is 0. The van der Waals surface area contributed by atoms with Crippen LogP contribution in [0.25, 0.3) is 0 Å². The molecule has 1 aliphatic carbocycles. The summed E-state index contributed by atoms with van der Waals surface area (Å²) in [7, 11) is 8.25. The van der Waals surface area contributed by atoms with E-state index in [1.807, 2.05) is 0 Å². The zero-order valence-electron chi connectivity index (χ0n) is 11.6. The quantitative estimate of drug-likeness (QED) is 0.540. The first kappa shape index (κ1) is 13.3. The molecule has 0 heterocycles. The molecule has 0 aromatic heterocycles. The van der Waals surface area contributed by atoms with Crippen molar-refractivity contribution in [3.05, 3.63) is 0 Å². The van der Waals surface area contributed by atoms with Gasteiger partial charge in [0, 0.05) is 34.7 Å². The molecule has 0 saturated heterocycles. The molecule has 0 aliphatic heterocycles. The molecule has 0 bridgehead atoms. The normalized spacial score (nSPS) is 17.6. The monoisotopic (exact) mass is 225 g/mol. The molecule has 0 atom stereocenters. The molecule has 16 heavy (non-hydrogen) atoms. The van der Waals surface area contributed by atoms with Crippen LogP contribution in [0.3, 0.4) is 0 Å². The van der Waals surface area contributed by atoms with Crippen molar-refractivity contribution in [2.24, 2.45) is 10.4 Å². The van der Waals surface area contributed by atoms with Crippen molar-refractivity contribution in [2.75, 3.05) is 34.7 Å². The fraction of sp³-hybridized carbons (Fsp3) is 0.923. The van der Waals surface area contributed by atoms with Crippen LogP contribution in [0.1, 0.15) is 39.0 Å². The van der Waals surface area contributed by atoms with Gasteiger partial charge in [0.05, 0.1) is 0 Å². The van der Waals surface area contributed by atoms with Crippen LogP contribution in [-0.4, -0.2) is 50.5 Å². The van der Waals surface area contributed by atoms with E-state index >= 15 is 0 Å². The van der Waals surface area contributed by atoms with Crippen molar-refractivity contribution in [1.29, 1.82) is 0 Å². The van der Waals surface area contributed by atoms with Gasteiger partial charge in [0.1, 0.15) is 0 Å². The van der Waals surface area contributed by atoms with Gasteiger partial charge in [-0.25, -0.2) is 0 Å².